The molecule has 0 aliphatic carbocycles. The third kappa shape index (κ3) is 3.58. The minimum Gasteiger partial charge on any atom is -0.376 e. The van der Waals surface area contributed by atoms with Crippen molar-refractivity contribution in [3.63, 3.8) is 0 Å². The summed E-state index contributed by atoms with van der Waals surface area (Å²) in [5.74, 6) is -0.762. The molecule has 6 heteroatoms. The molecule has 6 nitrogen and oxygen atoms in total. The summed E-state index contributed by atoms with van der Waals surface area (Å²) in [4.78, 5) is 38.5. The molecule has 1 fully saturated rings. The van der Waals surface area contributed by atoms with Crippen LogP contribution in [0.4, 0.5) is 5.69 Å². The van der Waals surface area contributed by atoms with Gasteiger partial charge in [0.15, 0.2) is 0 Å². The summed E-state index contributed by atoms with van der Waals surface area (Å²) in [6, 6.07) is 4.89. The fourth-order valence-electron chi connectivity index (χ4n) is 3.36. The lowest BCUT2D eigenvalue weighted by atomic mass is 10.0. The van der Waals surface area contributed by atoms with E-state index in [4.69, 9.17) is 4.74 Å². The van der Waals surface area contributed by atoms with E-state index in [1.165, 1.54) is 4.90 Å². The van der Waals surface area contributed by atoms with Crippen molar-refractivity contribution in [1.29, 1.82) is 0 Å². The molecule has 0 radical (unpaired) electrons. The number of hydrogen-bond acceptors (Lipinski definition) is 4. The van der Waals surface area contributed by atoms with Crippen molar-refractivity contribution in [2.45, 2.75) is 45.6 Å². The predicted octanol–water partition coefficient (Wildman–Crippen LogP) is 2.84. The maximum absolute atomic E-state index is 12.6. The zero-order chi connectivity index (χ0) is 18.0. The molecule has 134 valence electrons. The van der Waals surface area contributed by atoms with Crippen LogP contribution in [-0.4, -0.2) is 41.9 Å². The molecule has 0 unspecified atom stereocenters. The smallest absolute Gasteiger partial charge is 0.261 e. The van der Waals surface area contributed by atoms with E-state index in [2.05, 4.69) is 5.32 Å². The molecule has 2 aliphatic heterocycles. The summed E-state index contributed by atoms with van der Waals surface area (Å²) in [5, 5.41) is 2.83. The Bertz CT molecular complexity index is 695. The van der Waals surface area contributed by atoms with Gasteiger partial charge in [-0.3, -0.25) is 19.3 Å². The Balaban J connectivity index is 1.73. The normalized spacial score (nSPS) is 20.7. The van der Waals surface area contributed by atoms with Crippen LogP contribution >= 0.6 is 0 Å². The first kappa shape index (κ1) is 17.6. The maximum atomic E-state index is 12.6. The third-order valence-corrected chi connectivity index (χ3v) is 4.82. The number of ether oxygens (including phenoxy) is 1. The molecule has 1 saturated heterocycles. The fourth-order valence-corrected chi connectivity index (χ4v) is 3.36. The summed E-state index contributed by atoms with van der Waals surface area (Å²) >= 11 is 0. The molecular weight excluding hydrogens is 320 g/mol. The second-order valence-corrected chi connectivity index (χ2v) is 6.80. The largest absolute Gasteiger partial charge is 0.376 e. The van der Waals surface area contributed by atoms with Crippen LogP contribution < -0.4 is 5.32 Å². The van der Waals surface area contributed by atoms with Gasteiger partial charge in [0, 0.05) is 18.2 Å². The van der Waals surface area contributed by atoms with Crippen molar-refractivity contribution < 1.29 is 19.1 Å². The first-order chi connectivity index (χ1) is 12.0. The van der Waals surface area contributed by atoms with Gasteiger partial charge in [0.2, 0.25) is 5.91 Å². The van der Waals surface area contributed by atoms with E-state index in [-0.39, 0.29) is 29.7 Å². The average Bonchev–Trinajstić information content (AvgIpc) is 3.18. The molecular formula is C19H24N2O4. The highest BCUT2D eigenvalue weighted by atomic mass is 16.5. The molecule has 3 rings (SSSR count). The van der Waals surface area contributed by atoms with Gasteiger partial charge in [-0.05, 0) is 37.5 Å². The Morgan fingerprint density at radius 3 is 2.76 bits per heavy atom. The van der Waals surface area contributed by atoms with Gasteiger partial charge >= 0.3 is 0 Å². The first-order valence-electron chi connectivity index (χ1n) is 8.94. The van der Waals surface area contributed by atoms with Gasteiger partial charge in [0.05, 0.1) is 23.8 Å². The number of nitrogens with one attached hydrogen (secondary N) is 1. The minimum absolute atomic E-state index is 0.0729. The van der Waals surface area contributed by atoms with Crippen molar-refractivity contribution in [3.8, 4) is 0 Å². The van der Waals surface area contributed by atoms with E-state index in [9.17, 15) is 14.4 Å². The number of carbonyl (C=O) groups excluding carboxylic acids is 3. The second-order valence-electron chi connectivity index (χ2n) is 6.80. The minimum atomic E-state index is -0.312. The standard InChI is InChI=1S/C19H24N2O4/c1-3-5-12(2)17(22)20-13-7-8-15-16(10-13)19(24)21(18(15)23)11-14-6-4-9-25-14/h7-8,10,12,14H,3-6,9,11H2,1-2H3,(H,20,22)/t12-,14+/m1/s1. The average molecular weight is 344 g/mol. The van der Waals surface area contributed by atoms with Gasteiger partial charge in [-0.1, -0.05) is 20.3 Å². The highest BCUT2D eigenvalue weighted by Crippen LogP contribution is 2.27. The molecule has 2 heterocycles. The Hall–Kier alpha value is -2.21. The number of anilines is 1. The van der Waals surface area contributed by atoms with E-state index in [1.807, 2.05) is 13.8 Å². The van der Waals surface area contributed by atoms with E-state index < -0.39 is 0 Å². The lowest BCUT2D eigenvalue weighted by molar-refractivity contribution is -0.119. The number of imide groups is 1. The van der Waals surface area contributed by atoms with Crippen molar-refractivity contribution in [2.75, 3.05) is 18.5 Å². The van der Waals surface area contributed by atoms with Crippen LogP contribution in [0.2, 0.25) is 0 Å². The van der Waals surface area contributed by atoms with Gasteiger partial charge in [-0.15, -0.1) is 0 Å². The van der Waals surface area contributed by atoms with Gasteiger partial charge in [-0.25, -0.2) is 0 Å². The van der Waals surface area contributed by atoms with Crippen molar-refractivity contribution in [3.05, 3.63) is 29.3 Å². The zero-order valence-corrected chi connectivity index (χ0v) is 14.7. The van der Waals surface area contributed by atoms with Gasteiger partial charge in [0.1, 0.15) is 0 Å². The van der Waals surface area contributed by atoms with Gasteiger partial charge < -0.3 is 10.1 Å². The summed E-state index contributed by atoms with van der Waals surface area (Å²) in [6.07, 6.45) is 3.49. The summed E-state index contributed by atoms with van der Waals surface area (Å²) < 4.78 is 5.53. The van der Waals surface area contributed by atoms with Crippen LogP contribution in [0.15, 0.2) is 18.2 Å². The van der Waals surface area contributed by atoms with Crippen LogP contribution in [0.5, 0.6) is 0 Å². The molecule has 2 atom stereocenters. The molecule has 1 aromatic rings. The molecule has 3 amide bonds. The van der Waals surface area contributed by atoms with E-state index >= 15 is 0 Å². The van der Waals surface area contributed by atoms with E-state index in [0.717, 1.165) is 25.7 Å². The SMILES string of the molecule is CCC[C@@H](C)C(=O)Nc1ccc2c(c1)C(=O)N(C[C@@H]1CCCO1)C2=O. The van der Waals surface area contributed by atoms with Crippen LogP contribution in [-0.2, 0) is 9.53 Å². The molecule has 0 saturated carbocycles. The molecule has 0 bridgehead atoms. The molecule has 25 heavy (non-hydrogen) atoms. The Kier molecular flexibility index (Phi) is 5.18. The number of carbonyl (C=O) groups is 3. The topological polar surface area (TPSA) is 75.7 Å². The zero-order valence-electron chi connectivity index (χ0n) is 14.7. The highest BCUT2D eigenvalue weighted by molar-refractivity contribution is 6.21. The van der Waals surface area contributed by atoms with Crippen molar-refractivity contribution >= 4 is 23.4 Å². The number of nitrogens with zero attached hydrogens (tertiary/aromatic N) is 1. The lowest BCUT2D eigenvalue weighted by Crippen LogP contribution is -2.36. The van der Waals surface area contributed by atoms with E-state index in [1.54, 1.807) is 18.2 Å². The van der Waals surface area contributed by atoms with Crippen LogP contribution in [0.3, 0.4) is 0 Å². The highest BCUT2D eigenvalue weighted by Gasteiger charge is 2.37. The molecule has 1 N–H and O–H groups in total. The summed E-state index contributed by atoms with van der Waals surface area (Å²) in [6.45, 7) is 4.89. The second kappa shape index (κ2) is 7.35. The number of rotatable bonds is 6. The lowest BCUT2D eigenvalue weighted by Gasteiger charge is -2.17. The Morgan fingerprint density at radius 1 is 1.32 bits per heavy atom. The maximum Gasteiger partial charge on any atom is 0.261 e. The van der Waals surface area contributed by atoms with Crippen LogP contribution in [0.1, 0.15) is 60.2 Å². The quantitative estimate of drug-likeness (QED) is 0.805. The van der Waals surface area contributed by atoms with Crippen LogP contribution in [0.25, 0.3) is 0 Å². The third-order valence-electron chi connectivity index (χ3n) is 4.82. The van der Waals surface area contributed by atoms with Crippen LogP contribution in [0, 0.1) is 5.92 Å². The molecule has 2 aliphatic rings. The number of fused-ring (bicyclic) bond motifs is 1. The fraction of sp³-hybridized carbons (Fsp3) is 0.526. The van der Waals surface area contributed by atoms with Gasteiger partial charge in [-0.2, -0.15) is 0 Å². The van der Waals surface area contributed by atoms with Crippen molar-refractivity contribution in [2.24, 2.45) is 5.92 Å². The van der Waals surface area contributed by atoms with E-state index in [0.29, 0.717) is 30.0 Å². The molecule has 0 aromatic heterocycles. The monoisotopic (exact) mass is 344 g/mol. The summed E-state index contributed by atoms with van der Waals surface area (Å²) in [7, 11) is 0. The first-order valence-corrected chi connectivity index (χ1v) is 8.94. The number of hydrogen-bond donors (Lipinski definition) is 1. The Morgan fingerprint density at radius 2 is 2.08 bits per heavy atom. The molecule has 0 spiro atoms. The predicted molar refractivity (Wildman–Crippen MR) is 93.5 cm³/mol. The summed E-state index contributed by atoms with van der Waals surface area (Å²) in [5.41, 5.74) is 1.29. The molecule has 1 aromatic carbocycles. The van der Waals surface area contributed by atoms with Crippen molar-refractivity contribution in [1.82, 2.24) is 4.90 Å². The number of amides is 3. The van der Waals surface area contributed by atoms with Gasteiger partial charge in [0.25, 0.3) is 11.8 Å². The number of benzene rings is 1. The Labute approximate surface area is 147 Å².